The highest BCUT2D eigenvalue weighted by molar-refractivity contribution is 7.89. The lowest BCUT2D eigenvalue weighted by Crippen LogP contribution is -2.50. The van der Waals surface area contributed by atoms with E-state index in [-0.39, 0.29) is 23.9 Å². The highest BCUT2D eigenvalue weighted by atomic mass is 35.5. The Kier molecular flexibility index (Phi) is 6.37. The Morgan fingerprint density at radius 2 is 1.59 bits per heavy atom. The van der Waals surface area contributed by atoms with Gasteiger partial charge in [0, 0.05) is 36.8 Å². The fourth-order valence-electron chi connectivity index (χ4n) is 4.00. The van der Waals surface area contributed by atoms with Crippen molar-refractivity contribution in [1.29, 1.82) is 0 Å². The van der Waals surface area contributed by atoms with Crippen LogP contribution >= 0.6 is 11.6 Å². The first kappa shape index (κ1) is 22.5. The molecule has 2 heterocycles. The van der Waals surface area contributed by atoms with Crippen molar-refractivity contribution >= 4 is 27.5 Å². The van der Waals surface area contributed by atoms with Crippen molar-refractivity contribution in [3.8, 4) is 0 Å². The van der Waals surface area contributed by atoms with Crippen LogP contribution in [0.4, 0.5) is 0 Å². The smallest absolute Gasteiger partial charge is 0.253 e. The quantitative estimate of drug-likeness (QED) is 0.570. The van der Waals surface area contributed by atoms with Gasteiger partial charge >= 0.3 is 0 Å². The van der Waals surface area contributed by atoms with Crippen LogP contribution in [0, 0.1) is 13.8 Å². The van der Waals surface area contributed by atoms with Crippen LogP contribution in [0.1, 0.15) is 27.3 Å². The van der Waals surface area contributed by atoms with E-state index < -0.39 is 10.0 Å². The minimum Gasteiger partial charge on any atom is -0.336 e. The second-order valence-electron chi connectivity index (χ2n) is 7.85. The zero-order valence-corrected chi connectivity index (χ0v) is 19.6. The van der Waals surface area contributed by atoms with E-state index in [1.807, 2.05) is 30.3 Å². The van der Waals surface area contributed by atoms with E-state index in [4.69, 9.17) is 11.6 Å². The molecule has 0 unspecified atom stereocenters. The summed E-state index contributed by atoms with van der Waals surface area (Å²) in [6.45, 7) is 5.16. The van der Waals surface area contributed by atoms with E-state index in [1.165, 1.54) is 4.31 Å². The van der Waals surface area contributed by atoms with Gasteiger partial charge in [-0.1, -0.05) is 41.9 Å². The number of halogens is 1. The van der Waals surface area contributed by atoms with Gasteiger partial charge in [-0.2, -0.15) is 9.40 Å². The van der Waals surface area contributed by atoms with Gasteiger partial charge in [-0.25, -0.2) is 8.42 Å². The van der Waals surface area contributed by atoms with Gasteiger partial charge in [0.15, 0.2) is 0 Å². The molecule has 9 heteroatoms. The molecule has 0 radical (unpaired) electrons. The molecule has 0 atom stereocenters. The third-order valence-corrected chi connectivity index (χ3v) is 8.11. The molecular weight excluding hydrogens is 448 g/mol. The maximum atomic E-state index is 13.4. The average molecular weight is 473 g/mol. The molecule has 0 saturated carbocycles. The summed E-state index contributed by atoms with van der Waals surface area (Å²) in [6, 6.07) is 16.5. The predicted octanol–water partition coefficient (Wildman–Crippen LogP) is 3.35. The summed E-state index contributed by atoms with van der Waals surface area (Å²) < 4.78 is 30.0. The second-order valence-corrected chi connectivity index (χ2v) is 10.2. The van der Waals surface area contributed by atoms with E-state index in [9.17, 15) is 13.2 Å². The number of aryl methyl sites for hydroxylation is 1. The normalized spacial score (nSPS) is 15.2. The number of hydrogen-bond acceptors (Lipinski definition) is 4. The van der Waals surface area contributed by atoms with Crippen LogP contribution in [0.5, 0.6) is 0 Å². The minimum atomic E-state index is -3.72. The van der Waals surface area contributed by atoms with E-state index in [0.717, 1.165) is 5.56 Å². The number of carbonyl (C=O) groups is 1. The third kappa shape index (κ3) is 4.44. The molecule has 0 spiro atoms. The Balaban J connectivity index is 1.49. The Bertz CT molecular complexity index is 1220. The van der Waals surface area contributed by atoms with Gasteiger partial charge in [0.05, 0.1) is 17.9 Å². The first-order valence-electron chi connectivity index (χ1n) is 10.4. The lowest BCUT2D eigenvalue weighted by atomic mass is 10.2. The first-order chi connectivity index (χ1) is 15.3. The summed E-state index contributed by atoms with van der Waals surface area (Å²) in [6.07, 6.45) is 0. The molecule has 0 bridgehead atoms. The predicted molar refractivity (Wildman–Crippen MR) is 123 cm³/mol. The molecule has 4 rings (SSSR count). The molecular formula is C23H25ClN4O3S. The SMILES string of the molecule is Cc1nn(Cc2ccccc2)c(C)c1S(=O)(=O)N1CCN(C(=O)c2ccc(Cl)cc2)CC1. The minimum absolute atomic E-state index is 0.123. The summed E-state index contributed by atoms with van der Waals surface area (Å²) in [7, 11) is -3.72. The van der Waals surface area contributed by atoms with Crippen LogP contribution in [0.2, 0.25) is 5.02 Å². The van der Waals surface area contributed by atoms with Crippen LogP contribution in [-0.4, -0.2) is 59.5 Å². The number of benzene rings is 2. The number of nitrogens with zero attached hydrogens (tertiary/aromatic N) is 4. The van der Waals surface area contributed by atoms with E-state index in [1.54, 1.807) is 47.7 Å². The maximum absolute atomic E-state index is 13.4. The Hall–Kier alpha value is -2.68. The molecule has 1 aliphatic rings. The zero-order valence-electron chi connectivity index (χ0n) is 18.0. The summed E-state index contributed by atoms with van der Waals surface area (Å²) in [5.74, 6) is -0.123. The molecule has 32 heavy (non-hydrogen) atoms. The topological polar surface area (TPSA) is 75.5 Å². The van der Waals surface area contributed by atoms with Crippen molar-refractivity contribution in [3.63, 3.8) is 0 Å². The van der Waals surface area contributed by atoms with E-state index in [0.29, 0.717) is 41.6 Å². The Labute approximate surface area is 193 Å². The average Bonchev–Trinajstić information content (AvgIpc) is 3.08. The second kappa shape index (κ2) is 9.05. The van der Waals surface area contributed by atoms with E-state index in [2.05, 4.69) is 5.10 Å². The van der Waals surface area contributed by atoms with Crippen molar-refractivity contribution in [3.05, 3.63) is 82.1 Å². The molecule has 1 fully saturated rings. The molecule has 0 aliphatic carbocycles. The number of carbonyl (C=O) groups excluding carboxylic acids is 1. The maximum Gasteiger partial charge on any atom is 0.253 e. The van der Waals surface area contributed by atoms with Crippen molar-refractivity contribution < 1.29 is 13.2 Å². The number of sulfonamides is 1. The number of rotatable bonds is 5. The summed E-state index contributed by atoms with van der Waals surface area (Å²) in [5, 5.41) is 5.06. The van der Waals surface area contributed by atoms with Crippen molar-refractivity contribution in [2.24, 2.45) is 0 Å². The molecule has 168 valence electrons. The molecule has 1 aromatic heterocycles. The van der Waals surface area contributed by atoms with Crippen LogP contribution < -0.4 is 0 Å². The first-order valence-corrected chi connectivity index (χ1v) is 12.2. The molecule has 1 amide bonds. The van der Waals surface area contributed by atoms with Gasteiger partial charge in [0.25, 0.3) is 5.91 Å². The van der Waals surface area contributed by atoms with Crippen molar-refractivity contribution in [2.75, 3.05) is 26.2 Å². The van der Waals surface area contributed by atoms with Gasteiger partial charge in [0.1, 0.15) is 4.90 Å². The van der Waals surface area contributed by atoms with Gasteiger partial charge in [-0.3, -0.25) is 9.48 Å². The molecule has 3 aromatic rings. The number of piperazine rings is 1. The summed E-state index contributed by atoms with van der Waals surface area (Å²) >= 11 is 5.90. The summed E-state index contributed by atoms with van der Waals surface area (Å²) in [4.78, 5) is 14.7. The molecule has 0 N–H and O–H groups in total. The van der Waals surface area contributed by atoms with Gasteiger partial charge < -0.3 is 4.90 Å². The standard InChI is InChI=1S/C23H25ClN4O3S/c1-17-22(18(2)28(25-17)16-19-6-4-3-5-7-19)32(30,31)27-14-12-26(13-15-27)23(29)20-8-10-21(24)11-9-20/h3-11H,12-16H2,1-2H3. The largest absolute Gasteiger partial charge is 0.336 e. The van der Waals surface area contributed by atoms with Crippen molar-refractivity contribution in [1.82, 2.24) is 19.0 Å². The van der Waals surface area contributed by atoms with Crippen LogP contribution in [0.25, 0.3) is 0 Å². The molecule has 1 saturated heterocycles. The van der Waals surface area contributed by atoms with Crippen LogP contribution in [0.3, 0.4) is 0 Å². The molecule has 1 aliphatic heterocycles. The van der Waals surface area contributed by atoms with Crippen molar-refractivity contribution in [2.45, 2.75) is 25.3 Å². The fraction of sp³-hybridized carbons (Fsp3) is 0.304. The fourth-order valence-corrected chi connectivity index (χ4v) is 5.92. The molecule has 2 aromatic carbocycles. The monoisotopic (exact) mass is 472 g/mol. The Morgan fingerprint density at radius 1 is 0.969 bits per heavy atom. The number of aromatic nitrogens is 2. The van der Waals surface area contributed by atoms with Gasteiger partial charge in [0.2, 0.25) is 10.0 Å². The summed E-state index contributed by atoms with van der Waals surface area (Å²) in [5.41, 5.74) is 2.69. The molecule has 7 nitrogen and oxygen atoms in total. The van der Waals surface area contributed by atoms with Gasteiger partial charge in [-0.15, -0.1) is 0 Å². The lowest BCUT2D eigenvalue weighted by Gasteiger charge is -2.34. The van der Waals surface area contributed by atoms with Crippen LogP contribution in [-0.2, 0) is 16.6 Å². The van der Waals surface area contributed by atoms with Crippen LogP contribution in [0.15, 0.2) is 59.5 Å². The number of amides is 1. The highest BCUT2D eigenvalue weighted by Gasteiger charge is 2.34. The highest BCUT2D eigenvalue weighted by Crippen LogP contribution is 2.25. The number of hydrogen-bond donors (Lipinski definition) is 0. The van der Waals surface area contributed by atoms with E-state index >= 15 is 0 Å². The van der Waals surface area contributed by atoms with Gasteiger partial charge in [-0.05, 0) is 43.7 Å². The third-order valence-electron chi connectivity index (χ3n) is 5.71. The lowest BCUT2D eigenvalue weighted by molar-refractivity contribution is 0.0698. The Morgan fingerprint density at radius 3 is 2.22 bits per heavy atom. The zero-order chi connectivity index (χ0) is 22.9.